The van der Waals surface area contributed by atoms with Crippen LogP contribution >= 0.6 is 46.9 Å². The van der Waals surface area contributed by atoms with E-state index in [-0.39, 0.29) is 86.9 Å². The number of hydrogen-bond acceptors (Lipinski definition) is 45. The summed E-state index contributed by atoms with van der Waals surface area (Å²) in [7, 11) is -29.6. The fourth-order valence-corrected chi connectivity index (χ4v) is 21.2. The van der Waals surface area contributed by atoms with Crippen molar-refractivity contribution in [1.82, 2.24) is 117 Å². The summed E-state index contributed by atoms with van der Waals surface area (Å²) < 4.78 is 230. The number of fused-ring (bicyclic) bond motifs is 12. The molecule has 60 nitrogen and oxygen atoms in total. The predicted octanol–water partition coefficient (Wildman–Crippen LogP) is 0.248. The van der Waals surface area contributed by atoms with Gasteiger partial charge in [0.2, 0.25) is 0 Å². The first kappa shape index (κ1) is 88.6. The molecule has 0 spiro atoms. The molecule has 0 radical (unpaired) electrons. The summed E-state index contributed by atoms with van der Waals surface area (Å²) in [5.74, 6) is 0.259. The van der Waals surface area contributed by atoms with Crippen LogP contribution in [-0.4, -0.2) is 278 Å². The summed E-state index contributed by atoms with van der Waals surface area (Å²) in [5.41, 5.74) is 17.1. The molecule has 9 fully saturated rings. The Morgan fingerprint density at radius 3 is 0.822 bits per heavy atom. The van der Waals surface area contributed by atoms with Crippen molar-refractivity contribution in [2.75, 3.05) is 56.8 Å². The maximum atomic E-state index is 15.8. The highest BCUT2D eigenvalue weighted by molar-refractivity contribution is 7.48. The SMILES string of the molecule is Nc1ncnc2c1ncn2C1C[C@@H]2OP(=O)(O)OCC3OC(n4cnc5c(=O)[nH]cnc54)C[C@@H]3OP(=O)(O)OCC2O1.Nc1ncnc2c1ncn2C1C[C@@H]2OP(=O)(O)OCC3OC(n4cnc5c(=O)[nH]cnc54)[C@H](F)[C@@H]3OP(=O)(O)OCC2O1.Nc1ncnc2c1ncn2C1OC2COP(=O)(O)O[C@@H]3C(COP(=O)(O)O[C@H]2[C@H]1F)OC(n1cnc2c(=O)[nH]cnc21)[C@@H]3F. The van der Waals surface area contributed by atoms with Crippen LogP contribution < -0.4 is 33.9 Å². The van der Waals surface area contributed by atoms with Crippen LogP contribution in [-0.2, 0) is 110 Å². The van der Waals surface area contributed by atoms with E-state index in [9.17, 15) is 71.1 Å². The van der Waals surface area contributed by atoms with Crippen LogP contribution in [0.4, 0.5) is 30.6 Å². The average molecular weight is 1940 g/mol. The van der Waals surface area contributed by atoms with Gasteiger partial charge in [0.05, 0.1) is 96.6 Å². The fraction of sp³-hybridized carbons (Fsp3) is 0.500. The number of nitrogen functional groups attached to an aromatic ring is 3. The van der Waals surface area contributed by atoms with Crippen molar-refractivity contribution in [3.05, 3.63) is 107 Å². The Labute approximate surface area is 710 Å². The van der Waals surface area contributed by atoms with E-state index >= 15 is 13.2 Å². The number of ether oxygens (including phenoxy) is 6. The summed E-state index contributed by atoms with van der Waals surface area (Å²) >= 11 is 0. The van der Waals surface area contributed by atoms with Crippen LogP contribution in [0.15, 0.2) is 90.3 Å². The second kappa shape index (κ2) is 34.2. The van der Waals surface area contributed by atoms with Gasteiger partial charge in [-0.25, -0.2) is 115 Å². The van der Waals surface area contributed by atoms with Crippen LogP contribution in [0.1, 0.15) is 56.6 Å². The number of anilines is 3. The van der Waals surface area contributed by atoms with Gasteiger partial charge in [0.1, 0.15) is 127 Å². The molecule has 18 unspecified atom stereocenters. The second-order valence-electron chi connectivity index (χ2n) is 29.3. The van der Waals surface area contributed by atoms with Crippen LogP contribution in [0.2, 0.25) is 0 Å². The average Bonchev–Trinajstić information content (AvgIpc) is 1.66. The molecular weight excluding hydrogens is 1870 g/mol. The Kier molecular flexibility index (Phi) is 23.5. The number of halogens is 3. The smallest absolute Gasteiger partial charge is 0.382 e. The molecule has 0 saturated carbocycles. The molecule has 129 heavy (non-hydrogen) atoms. The number of H-pyrrole nitrogens is 3. The normalized spacial score (nSPS) is 37.1. The van der Waals surface area contributed by atoms with E-state index in [0.29, 0.717) is 16.8 Å². The molecule has 0 bridgehead atoms. The third-order valence-electron chi connectivity index (χ3n) is 21.3. The number of phosphoric acid groups is 6. The maximum absolute atomic E-state index is 15.8. The van der Waals surface area contributed by atoms with E-state index in [1.807, 2.05) is 0 Å². The van der Waals surface area contributed by atoms with Gasteiger partial charge >= 0.3 is 46.9 Å². The lowest BCUT2D eigenvalue weighted by Gasteiger charge is -2.27. The zero-order valence-corrected chi connectivity index (χ0v) is 69.9. The molecule has 12 aromatic heterocycles. The highest BCUT2D eigenvalue weighted by atomic mass is 31.2. The van der Waals surface area contributed by atoms with Gasteiger partial charge in [-0.2, -0.15) is 0 Å². The standard InChI is InChI=1S/C20H21F2N9O11P2.C20H22FN9O11P2.C20H23N9O11P2/c21-9-13-7(39-19(9)30-5-28-11-15(23)24-3-25-16(11)30)1-37-44(35,36)42-14-8(2-38-43(33,34)41-13)40-20(10(14)22)31-6-29-12-17(31)26-4-27-18(12)32;21-12-15-10(39-20(12)30-7-28-14-18(30)25-5-26-19(14)31)3-37-42(32,33)40-8-1-11(38-9(8)2-36-43(34,35)41-15)29-6-27-13-16(22)23-4-24-17(13)29;21-17-15-18(23-5-22-17)28(7-26-15)13-1-9-11(37-13)3-35-42(33,34)40-10-2-14(38-12(10)4-36-41(31,32)39-9)29-8-27-16-19(29)24-6-25-20(16)30/h3-10,13-14,19-20H,1-2H2,(H,33,34)(H,35,36)(H2,23,24,25)(H,26,27,32);4-12,15,20H,1-3H2,(H,32,33)(H,34,35)(H2,22,23,24)(H,25,26,31);5-14H,1-4H2,(H,31,32)(H,33,34)(H2,21,22,23)(H,24,25,30)/t7?,8?,9-,10-,13-,14-,19?,20?;8-,9?,10?,11?,12+,15+,20?;9-,10-,11?,12?,13?,14?/m100/s1. The molecular formula is C60H66F3N27O33P6. The minimum Gasteiger partial charge on any atom is -0.382 e. The topological polar surface area (TPSA) is 790 Å². The summed E-state index contributed by atoms with van der Waals surface area (Å²) in [4.78, 5) is 166. The molecule has 27 atom stereocenters. The highest BCUT2D eigenvalue weighted by Crippen LogP contribution is 2.59. The number of hydrogen-bond donors (Lipinski definition) is 12. The number of nitrogens with two attached hydrogens (primary N) is 3. The third-order valence-corrected chi connectivity index (χ3v) is 27.3. The molecule has 9 aliphatic rings. The quantitative estimate of drug-likeness (QED) is 0.0993. The summed E-state index contributed by atoms with van der Waals surface area (Å²) in [5, 5.41) is 0. The molecule has 9 saturated heterocycles. The first-order valence-corrected chi connectivity index (χ1v) is 46.7. The molecule has 9 aliphatic heterocycles. The van der Waals surface area contributed by atoms with E-state index in [0.717, 1.165) is 51.7 Å². The maximum Gasteiger partial charge on any atom is 0.472 e. The summed E-state index contributed by atoms with van der Waals surface area (Å²) in [6, 6.07) is 0. The van der Waals surface area contributed by atoms with Gasteiger partial charge in [0.25, 0.3) is 16.7 Å². The first-order valence-electron chi connectivity index (χ1n) is 37.8. The van der Waals surface area contributed by atoms with Gasteiger partial charge in [-0.3, -0.25) is 96.1 Å². The van der Waals surface area contributed by atoms with Crippen LogP contribution in [0.3, 0.4) is 0 Å². The number of aromatic amines is 3. The Balaban J connectivity index is 0.000000126. The van der Waals surface area contributed by atoms with Crippen LogP contribution in [0.5, 0.6) is 0 Å². The Hall–Kier alpha value is -9.69. The predicted molar refractivity (Wildman–Crippen MR) is 410 cm³/mol. The number of nitrogens with one attached hydrogen (secondary N) is 3. The number of alkyl halides is 3. The number of aromatic nitrogens is 24. The molecule has 690 valence electrons. The zero-order valence-electron chi connectivity index (χ0n) is 64.6. The van der Waals surface area contributed by atoms with Gasteiger partial charge in [-0.05, 0) is 0 Å². The molecule has 21 heterocycles. The third kappa shape index (κ3) is 17.5. The molecule has 12 aromatic rings. The fourth-order valence-electron chi connectivity index (χ4n) is 15.5. The van der Waals surface area contributed by atoms with E-state index in [4.69, 9.17) is 99.9 Å². The highest BCUT2D eigenvalue weighted by Gasteiger charge is 2.58. The molecule has 0 aliphatic carbocycles. The van der Waals surface area contributed by atoms with Crippen molar-refractivity contribution in [1.29, 1.82) is 0 Å². The van der Waals surface area contributed by atoms with E-state index in [1.54, 1.807) is 0 Å². The number of imidazole rings is 6. The Morgan fingerprint density at radius 2 is 0.535 bits per heavy atom. The zero-order chi connectivity index (χ0) is 90.3. The van der Waals surface area contributed by atoms with Gasteiger partial charge < -0.3 is 89.9 Å². The van der Waals surface area contributed by atoms with Gasteiger partial charge in [-0.1, -0.05) is 0 Å². The molecule has 69 heteroatoms. The lowest BCUT2D eigenvalue weighted by Crippen LogP contribution is -2.37. The van der Waals surface area contributed by atoms with E-state index < -0.39 is 232 Å². The van der Waals surface area contributed by atoms with Gasteiger partial charge in [-0.15, -0.1) is 0 Å². The van der Waals surface area contributed by atoms with Crippen molar-refractivity contribution >= 4 is 131 Å². The van der Waals surface area contributed by atoms with E-state index in [1.165, 1.54) is 51.7 Å². The van der Waals surface area contributed by atoms with Crippen molar-refractivity contribution in [2.24, 2.45) is 0 Å². The second-order valence-corrected chi connectivity index (χ2v) is 37.7. The first-order chi connectivity index (χ1) is 61.5. The summed E-state index contributed by atoms with van der Waals surface area (Å²) in [6.45, 7) is -4.43. The summed E-state index contributed by atoms with van der Waals surface area (Å²) in [6.07, 6.45) is -17.1. The van der Waals surface area contributed by atoms with Crippen molar-refractivity contribution in [3.63, 3.8) is 0 Å². The molecule has 0 aromatic carbocycles. The van der Waals surface area contributed by atoms with Crippen LogP contribution in [0, 0.1) is 0 Å². The monoisotopic (exact) mass is 1940 g/mol. The number of phosphoric ester groups is 6. The van der Waals surface area contributed by atoms with Crippen molar-refractivity contribution in [3.8, 4) is 0 Å². The van der Waals surface area contributed by atoms with Gasteiger partial charge in [0.15, 0.2) is 105 Å². The number of rotatable bonds is 6. The molecule has 0 amide bonds. The Morgan fingerprint density at radius 1 is 0.302 bits per heavy atom. The molecule has 21 rings (SSSR count). The van der Waals surface area contributed by atoms with Crippen LogP contribution in [0.25, 0.3) is 67.0 Å². The largest absolute Gasteiger partial charge is 0.472 e. The number of nitrogens with zero attached hydrogens (tertiary/aromatic N) is 21. The minimum absolute atomic E-state index is 0.00163. The molecule has 15 N–H and O–H groups in total. The van der Waals surface area contributed by atoms with Crippen molar-refractivity contribution < 1.29 is 153 Å². The lowest BCUT2D eigenvalue weighted by molar-refractivity contribution is -0.0663. The lowest BCUT2D eigenvalue weighted by atomic mass is 10.1. The van der Waals surface area contributed by atoms with Crippen molar-refractivity contribution in [2.45, 2.75) is 148 Å². The van der Waals surface area contributed by atoms with E-state index in [2.05, 4.69) is 89.7 Å². The minimum atomic E-state index is -5.15. The Bertz CT molecular complexity index is 6820. The van der Waals surface area contributed by atoms with Gasteiger partial charge in [0, 0.05) is 19.3 Å².